The second-order valence-electron chi connectivity index (χ2n) is 4.62. The van der Waals surface area contributed by atoms with E-state index in [0.29, 0.717) is 18.2 Å². The number of aromatic nitrogens is 4. The van der Waals surface area contributed by atoms with Gasteiger partial charge in [-0.15, -0.1) is 10.2 Å². The summed E-state index contributed by atoms with van der Waals surface area (Å²) in [4.78, 5) is 17.3. The summed E-state index contributed by atoms with van der Waals surface area (Å²) in [5, 5.41) is 12.0. The van der Waals surface area contributed by atoms with Crippen LogP contribution in [0.25, 0.3) is 10.9 Å². The van der Waals surface area contributed by atoms with Crippen LogP contribution in [-0.2, 0) is 6.42 Å². The van der Waals surface area contributed by atoms with E-state index in [-0.39, 0.29) is 5.56 Å². The molecule has 0 aliphatic carbocycles. The standard InChI is InChI=1S/C14H15N5O/c1-9-13(20)17-14(19-18-9)15-7-6-10-8-16-12-5-3-2-4-11(10)12/h2-5,8,16H,6-7H2,1H3,(H2,15,17,19,20). The average Bonchev–Trinajstić information content (AvgIpc) is 2.86. The van der Waals surface area contributed by atoms with Crippen molar-refractivity contribution in [1.29, 1.82) is 0 Å². The van der Waals surface area contributed by atoms with Crippen LogP contribution in [-0.4, -0.2) is 26.7 Å². The van der Waals surface area contributed by atoms with Crippen LogP contribution in [0.4, 0.5) is 5.95 Å². The maximum Gasteiger partial charge on any atom is 0.273 e. The molecule has 3 rings (SSSR count). The molecule has 0 unspecified atom stereocenters. The van der Waals surface area contributed by atoms with Crippen molar-refractivity contribution < 1.29 is 0 Å². The summed E-state index contributed by atoms with van der Waals surface area (Å²) in [5.41, 5.74) is 2.52. The number of hydrogen-bond acceptors (Lipinski definition) is 4. The summed E-state index contributed by atoms with van der Waals surface area (Å²) >= 11 is 0. The number of H-pyrrole nitrogens is 2. The lowest BCUT2D eigenvalue weighted by molar-refractivity contribution is 0.881. The molecule has 0 atom stereocenters. The second kappa shape index (κ2) is 5.16. The SMILES string of the molecule is Cc1nnc(NCCc2c[nH]c3ccccc23)[nH]c1=O. The van der Waals surface area contributed by atoms with Gasteiger partial charge in [-0.3, -0.25) is 9.78 Å². The fourth-order valence-electron chi connectivity index (χ4n) is 2.13. The molecular formula is C14H15N5O. The molecule has 6 heteroatoms. The van der Waals surface area contributed by atoms with Gasteiger partial charge >= 0.3 is 0 Å². The van der Waals surface area contributed by atoms with Crippen LogP contribution in [0.1, 0.15) is 11.3 Å². The Morgan fingerprint density at radius 2 is 2.10 bits per heavy atom. The van der Waals surface area contributed by atoms with Crippen molar-refractivity contribution >= 4 is 16.9 Å². The lowest BCUT2D eigenvalue weighted by Gasteiger charge is -2.04. The molecule has 1 aromatic carbocycles. The van der Waals surface area contributed by atoms with Crippen molar-refractivity contribution in [2.45, 2.75) is 13.3 Å². The van der Waals surface area contributed by atoms with Crippen molar-refractivity contribution in [3.63, 3.8) is 0 Å². The lowest BCUT2D eigenvalue weighted by Crippen LogP contribution is -2.18. The molecule has 2 aromatic heterocycles. The molecular weight excluding hydrogens is 254 g/mol. The van der Waals surface area contributed by atoms with Gasteiger partial charge < -0.3 is 10.3 Å². The van der Waals surface area contributed by atoms with Crippen molar-refractivity contribution in [1.82, 2.24) is 20.2 Å². The van der Waals surface area contributed by atoms with E-state index in [2.05, 4.69) is 37.6 Å². The number of aromatic amines is 2. The highest BCUT2D eigenvalue weighted by atomic mass is 16.1. The monoisotopic (exact) mass is 269 g/mol. The molecule has 3 aromatic rings. The van der Waals surface area contributed by atoms with Gasteiger partial charge in [0.1, 0.15) is 5.69 Å². The predicted octanol–water partition coefficient (Wildman–Crippen LogP) is 1.61. The van der Waals surface area contributed by atoms with Crippen molar-refractivity contribution in [3.05, 3.63) is 52.1 Å². The van der Waals surface area contributed by atoms with Gasteiger partial charge in [0.2, 0.25) is 5.95 Å². The number of hydrogen-bond donors (Lipinski definition) is 3. The van der Waals surface area contributed by atoms with Crippen LogP contribution in [0.5, 0.6) is 0 Å². The predicted molar refractivity (Wildman–Crippen MR) is 77.9 cm³/mol. The molecule has 0 spiro atoms. The third-order valence-electron chi connectivity index (χ3n) is 3.22. The summed E-state index contributed by atoms with van der Waals surface area (Å²) in [6.07, 6.45) is 2.84. The number of benzene rings is 1. The lowest BCUT2D eigenvalue weighted by atomic mass is 10.1. The second-order valence-corrected chi connectivity index (χ2v) is 4.62. The fourth-order valence-corrected chi connectivity index (χ4v) is 2.13. The van der Waals surface area contributed by atoms with E-state index in [0.717, 1.165) is 11.9 Å². The Kier molecular flexibility index (Phi) is 3.20. The average molecular weight is 269 g/mol. The minimum absolute atomic E-state index is 0.213. The first-order chi connectivity index (χ1) is 9.74. The highest BCUT2D eigenvalue weighted by Crippen LogP contribution is 2.17. The van der Waals surface area contributed by atoms with Crippen LogP contribution in [0.15, 0.2) is 35.3 Å². The number of para-hydroxylation sites is 1. The minimum Gasteiger partial charge on any atom is -0.361 e. The zero-order chi connectivity index (χ0) is 13.9. The van der Waals surface area contributed by atoms with E-state index in [1.807, 2.05) is 18.3 Å². The zero-order valence-electron chi connectivity index (χ0n) is 11.1. The van der Waals surface area contributed by atoms with E-state index in [4.69, 9.17) is 0 Å². The first-order valence-corrected chi connectivity index (χ1v) is 6.46. The summed E-state index contributed by atoms with van der Waals surface area (Å²) in [6, 6.07) is 8.17. The smallest absolute Gasteiger partial charge is 0.273 e. The van der Waals surface area contributed by atoms with Crippen molar-refractivity contribution in [2.75, 3.05) is 11.9 Å². The summed E-state index contributed by atoms with van der Waals surface area (Å²) < 4.78 is 0. The van der Waals surface area contributed by atoms with Crippen LogP contribution >= 0.6 is 0 Å². The highest BCUT2D eigenvalue weighted by molar-refractivity contribution is 5.83. The van der Waals surface area contributed by atoms with E-state index in [9.17, 15) is 4.79 Å². The van der Waals surface area contributed by atoms with Gasteiger partial charge in [-0.05, 0) is 25.0 Å². The number of rotatable bonds is 4. The Balaban J connectivity index is 1.68. The van der Waals surface area contributed by atoms with Gasteiger partial charge in [0.25, 0.3) is 5.56 Å². The molecule has 0 aliphatic rings. The molecule has 0 bridgehead atoms. The number of anilines is 1. The highest BCUT2D eigenvalue weighted by Gasteiger charge is 2.03. The third-order valence-corrected chi connectivity index (χ3v) is 3.22. The summed E-state index contributed by atoms with van der Waals surface area (Å²) in [5.74, 6) is 0.403. The number of aryl methyl sites for hydroxylation is 1. The quantitative estimate of drug-likeness (QED) is 0.671. The first-order valence-electron chi connectivity index (χ1n) is 6.46. The molecule has 2 heterocycles. The molecule has 0 amide bonds. The molecule has 0 saturated heterocycles. The number of nitrogens with zero attached hydrogens (tertiary/aromatic N) is 2. The Bertz CT molecular complexity index is 789. The van der Waals surface area contributed by atoms with Gasteiger partial charge in [-0.1, -0.05) is 18.2 Å². The molecule has 3 N–H and O–H groups in total. The normalized spacial score (nSPS) is 10.8. The molecule has 102 valence electrons. The van der Waals surface area contributed by atoms with Gasteiger partial charge in [0, 0.05) is 23.6 Å². The maximum atomic E-state index is 11.4. The molecule has 6 nitrogen and oxygen atoms in total. The fraction of sp³-hybridized carbons (Fsp3) is 0.214. The van der Waals surface area contributed by atoms with E-state index < -0.39 is 0 Å². The van der Waals surface area contributed by atoms with E-state index in [1.165, 1.54) is 10.9 Å². The molecule has 0 fully saturated rings. The molecule has 20 heavy (non-hydrogen) atoms. The van der Waals surface area contributed by atoms with Crippen LogP contribution < -0.4 is 10.9 Å². The third kappa shape index (κ3) is 2.40. The Hall–Kier alpha value is -2.63. The maximum absolute atomic E-state index is 11.4. The van der Waals surface area contributed by atoms with Gasteiger partial charge in [-0.25, -0.2) is 0 Å². The minimum atomic E-state index is -0.213. The molecule has 0 aliphatic heterocycles. The largest absolute Gasteiger partial charge is 0.361 e. The number of nitrogens with one attached hydrogen (secondary N) is 3. The zero-order valence-corrected chi connectivity index (χ0v) is 11.1. The van der Waals surface area contributed by atoms with Crippen molar-refractivity contribution in [3.8, 4) is 0 Å². The van der Waals surface area contributed by atoms with E-state index in [1.54, 1.807) is 6.92 Å². The van der Waals surface area contributed by atoms with Crippen LogP contribution in [0, 0.1) is 6.92 Å². The van der Waals surface area contributed by atoms with Crippen LogP contribution in [0.2, 0.25) is 0 Å². The van der Waals surface area contributed by atoms with Gasteiger partial charge in [0.05, 0.1) is 0 Å². The topological polar surface area (TPSA) is 86.5 Å². The Morgan fingerprint density at radius 1 is 1.25 bits per heavy atom. The number of fused-ring (bicyclic) bond motifs is 1. The summed E-state index contributed by atoms with van der Waals surface area (Å²) in [7, 11) is 0. The molecule has 0 radical (unpaired) electrons. The Labute approximate surface area is 115 Å². The first kappa shape index (κ1) is 12.4. The van der Waals surface area contributed by atoms with Crippen molar-refractivity contribution in [2.24, 2.45) is 0 Å². The molecule has 0 saturated carbocycles. The van der Waals surface area contributed by atoms with Gasteiger partial charge in [0.15, 0.2) is 0 Å². The van der Waals surface area contributed by atoms with Gasteiger partial charge in [-0.2, -0.15) is 0 Å². The Morgan fingerprint density at radius 3 is 2.95 bits per heavy atom. The van der Waals surface area contributed by atoms with Crippen LogP contribution in [0.3, 0.4) is 0 Å². The summed E-state index contributed by atoms with van der Waals surface area (Å²) in [6.45, 7) is 2.30. The van der Waals surface area contributed by atoms with E-state index >= 15 is 0 Å².